The van der Waals surface area contributed by atoms with Crippen LogP contribution in [-0.2, 0) is 6.54 Å². The molecule has 0 amide bonds. The SMILES string of the molecule is COc1ccc(CNc2cc(C)ncn2)cc1N. The Balaban J connectivity index is 2.04. The van der Waals surface area contributed by atoms with E-state index in [2.05, 4.69) is 15.3 Å². The number of hydrogen-bond acceptors (Lipinski definition) is 5. The van der Waals surface area contributed by atoms with Crippen molar-refractivity contribution >= 4 is 11.5 Å². The fourth-order valence-electron chi connectivity index (χ4n) is 1.64. The van der Waals surface area contributed by atoms with Gasteiger partial charge in [-0.2, -0.15) is 0 Å². The van der Waals surface area contributed by atoms with Crippen LogP contribution in [-0.4, -0.2) is 17.1 Å². The van der Waals surface area contributed by atoms with Crippen molar-refractivity contribution in [1.82, 2.24) is 9.97 Å². The second-order valence-corrected chi connectivity index (χ2v) is 3.97. The normalized spacial score (nSPS) is 10.1. The van der Waals surface area contributed by atoms with Crippen molar-refractivity contribution in [3.05, 3.63) is 41.9 Å². The summed E-state index contributed by atoms with van der Waals surface area (Å²) < 4.78 is 5.11. The molecule has 2 rings (SSSR count). The van der Waals surface area contributed by atoms with Crippen molar-refractivity contribution in [3.63, 3.8) is 0 Å². The van der Waals surface area contributed by atoms with Gasteiger partial charge in [0.05, 0.1) is 12.8 Å². The highest BCUT2D eigenvalue weighted by molar-refractivity contribution is 5.54. The zero-order valence-electron chi connectivity index (χ0n) is 10.5. The molecule has 0 bridgehead atoms. The molecule has 3 N–H and O–H groups in total. The minimum Gasteiger partial charge on any atom is -0.495 e. The Hall–Kier alpha value is -2.30. The summed E-state index contributed by atoms with van der Waals surface area (Å²) >= 11 is 0. The summed E-state index contributed by atoms with van der Waals surface area (Å²) in [5, 5.41) is 3.22. The third-order valence-corrected chi connectivity index (χ3v) is 2.57. The van der Waals surface area contributed by atoms with Crippen molar-refractivity contribution in [2.24, 2.45) is 0 Å². The lowest BCUT2D eigenvalue weighted by Crippen LogP contribution is -2.03. The standard InChI is InChI=1S/C13H16N4O/c1-9-5-13(17-8-16-9)15-7-10-3-4-12(18-2)11(14)6-10/h3-6,8H,7,14H2,1-2H3,(H,15,16,17). The summed E-state index contributed by atoms with van der Waals surface area (Å²) in [4.78, 5) is 8.18. The minimum absolute atomic E-state index is 0.635. The van der Waals surface area contributed by atoms with Crippen molar-refractivity contribution in [1.29, 1.82) is 0 Å². The molecule has 0 unspecified atom stereocenters. The maximum absolute atomic E-state index is 5.85. The lowest BCUT2D eigenvalue weighted by molar-refractivity contribution is 0.417. The minimum atomic E-state index is 0.635. The van der Waals surface area contributed by atoms with Crippen LogP contribution >= 0.6 is 0 Å². The first-order valence-corrected chi connectivity index (χ1v) is 5.64. The molecule has 94 valence electrons. The maximum Gasteiger partial charge on any atom is 0.141 e. The Bertz CT molecular complexity index is 542. The number of aryl methyl sites for hydroxylation is 1. The number of anilines is 2. The van der Waals surface area contributed by atoms with E-state index in [1.165, 1.54) is 0 Å². The molecule has 0 aliphatic carbocycles. The Morgan fingerprint density at radius 3 is 2.78 bits per heavy atom. The van der Waals surface area contributed by atoms with Crippen LogP contribution in [0.15, 0.2) is 30.6 Å². The van der Waals surface area contributed by atoms with Gasteiger partial charge in [-0.05, 0) is 24.6 Å². The van der Waals surface area contributed by atoms with Crippen molar-refractivity contribution in [2.45, 2.75) is 13.5 Å². The summed E-state index contributed by atoms with van der Waals surface area (Å²) in [5.41, 5.74) is 8.49. The molecule has 0 saturated carbocycles. The van der Waals surface area contributed by atoms with E-state index in [0.29, 0.717) is 18.0 Å². The molecule has 1 aromatic carbocycles. The molecule has 2 aromatic rings. The molecule has 0 atom stereocenters. The van der Waals surface area contributed by atoms with E-state index >= 15 is 0 Å². The van der Waals surface area contributed by atoms with Crippen LogP contribution in [0.3, 0.4) is 0 Å². The fraction of sp³-hybridized carbons (Fsp3) is 0.231. The topological polar surface area (TPSA) is 73.1 Å². The second kappa shape index (κ2) is 5.35. The smallest absolute Gasteiger partial charge is 0.141 e. The van der Waals surface area contributed by atoms with E-state index in [-0.39, 0.29) is 0 Å². The average molecular weight is 244 g/mol. The first-order valence-electron chi connectivity index (χ1n) is 5.64. The summed E-state index contributed by atoms with van der Waals surface area (Å²) in [6.45, 7) is 2.59. The van der Waals surface area contributed by atoms with Gasteiger partial charge in [-0.15, -0.1) is 0 Å². The number of rotatable bonds is 4. The lowest BCUT2D eigenvalue weighted by Gasteiger charge is -2.09. The van der Waals surface area contributed by atoms with E-state index in [1.54, 1.807) is 13.4 Å². The third kappa shape index (κ3) is 2.88. The fourth-order valence-corrected chi connectivity index (χ4v) is 1.64. The maximum atomic E-state index is 5.85. The number of methoxy groups -OCH3 is 1. The first-order chi connectivity index (χ1) is 8.69. The third-order valence-electron chi connectivity index (χ3n) is 2.57. The number of ether oxygens (including phenoxy) is 1. The van der Waals surface area contributed by atoms with Crippen molar-refractivity contribution in [3.8, 4) is 5.75 Å². The highest BCUT2D eigenvalue weighted by Gasteiger charge is 2.01. The van der Waals surface area contributed by atoms with Gasteiger partial charge in [0.15, 0.2) is 0 Å². The van der Waals surface area contributed by atoms with Crippen LogP contribution in [0.25, 0.3) is 0 Å². The average Bonchev–Trinajstić information content (AvgIpc) is 2.37. The number of aromatic nitrogens is 2. The van der Waals surface area contributed by atoms with Crippen LogP contribution in [0, 0.1) is 6.92 Å². The first kappa shape index (κ1) is 12.2. The largest absolute Gasteiger partial charge is 0.495 e. The van der Waals surface area contributed by atoms with Gasteiger partial charge >= 0.3 is 0 Å². The van der Waals surface area contributed by atoms with Crippen LogP contribution < -0.4 is 15.8 Å². The van der Waals surface area contributed by atoms with Crippen LogP contribution in [0.1, 0.15) is 11.3 Å². The highest BCUT2D eigenvalue weighted by Crippen LogP contribution is 2.22. The van der Waals surface area contributed by atoms with E-state index in [1.807, 2.05) is 31.2 Å². The molecular formula is C13H16N4O. The van der Waals surface area contributed by atoms with E-state index in [0.717, 1.165) is 17.1 Å². The van der Waals surface area contributed by atoms with E-state index in [9.17, 15) is 0 Å². The zero-order chi connectivity index (χ0) is 13.0. The molecule has 0 fully saturated rings. The number of hydrogen-bond donors (Lipinski definition) is 2. The summed E-state index contributed by atoms with van der Waals surface area (Å²) in [6, 6.07) is 7.61. The number of benzene rings is 1. The molecule has 0 aliphatic heterocycles. The molecule has 0 aliphatic rings. The summed E-state index contributed by atoms with van der Waals surface area (Å²) in [7, 11) is 1.60. The predicted octanol–water partition coefficient (Wildman–Crippen LogP) is 1.99. The number of nitrogens with zero attached hydrogens (tertiary/aromatic N) is 2. The van der Waals surface area contributed by atoms with Gasteiger partial charge in [0, 0.05) is 18.3 Å². The lowest BCUT2D eigenvalue weighted by atomic mass is 10.2. The molecule has 1 heterocycles. The second-order valence-electron chi connectivity index (χ2n) is 3.97. The van der Waals surface area contributed by atoms with E-state index in [4.69, 9.17) is 10.5 Å². The summed E-state index contributed by atoms with van der Waals surface area (Å²) in [6.07, 6.45) is 1.54. The van der Waals surface area contributed by atoms with Gasteiger partial charge in [0.1, 0.15) is 17.9 Å². The van der Waals surface area contributed by atoms with Gasteiger partial charge in [0.25, 0.3) is 0 Å². The van der Waals surface area contributed by atoms with Gasteiger partial charge < -0.3 is 15.8 Å². The number of nitrogens with two attached hydrogens (primary N) is 1. The Morgan fingerprint density at radius 1 is 1.28 bits per heavy atom. The number of nitrogen functional groups attached to an aromatic ring is 1. The van der Waals surface area contributed by atoms with Gasteiger partial charge in [-0.3, -0.25) is 0 Å². The molecule has 5 heteroatoms. The monoisotopic (exact) mass is 244 g/mol. The van der Waals surface area contributed by atoms with Crippen molar-refractivity contribution < 1.29 is 4.74 Å². The van der Waals surface area contributed by atoms with Gasteiger partial charge in [0.2, 0.25) is 0 Å². The Morgan fingerprint density at radius 2 is 2.11 bits per heavy atom. The highest BCUT2D eigenvalue weighted by atomic mass is 16.5. The van der Waals surface area contributed by atoms with E-state index < -0.39 is 0 Å². The Labute approximate surface area is 106 Å². The molecule has 0 radical (unpaired) electrons. The Kier molecular flexibility index (Phi) is 3.62. The molecule has 1 aromatic heterocycles. The molecule has 0 saturated heterocycles. The van der Waals surface area contributed by atoms with Gasteiger partial charge in [-0.25, -0.2) is 9.97 Å². The number of nitrogens with one attached hydrogen (secondary N) is 1. The van der Waals surface area contributed by atoms with Gasteiger partial charge in [-0.1, -0.05) is 6.07 Å². The van der Waals surface area contributed by atoms with Crippen LogP contribution in [0.5, 0.6) is 5.75 Å². The quantitative estimate of drug-likeness (QED) is 0.805. The molecule has 18 heavy (non-hydrogen) atoms. The molecular weight excluding hydrogens is 228 g/mol. The van der Waals surface area contributed by atoms with Crippen molar-refractivity contribution in [2.75, 3.05) is 18.2 Å². The predicted molar refractivity (Wildman–Crippen MR) is 71.5 cm³/mol. The molecule has 0 spiro atoms. The van der Waals surface area contributed by atoms with Crippen LogP contribution in [0.4, 0.5) is 11.5 Å². The zero-order valence-corrected chi connectivity index (χ0v) is 10.5. The summed E-state index contributed by atoms with van der Waals surface area (Å²) in [5.74, 6) is 1.49. The van der Waals surface area contributed by atoms with Crippen LogP contribution in [0.2, 0.25) is 0 Å². The molecule has 5 nitrogen and oxygen atoms in total.